The van der Waals surface area contributed by atoms with Crippen LogP contribution in [0.3, 0.4) is 0 Å². The molecule has 0 unspecified atom stereocenters. The molecule has 36 heavy (non-hydrogen) atoms. The summed E-state index contributed by atoms with van der Waals surface area (Å²) in [5, 5.41) is 4.38. The van der Waals surface area contributed by atoms with Crippen LogP contribution in [0.1, 0.15) is 59.9 Å². The van der Waals surface area contributed by atoms with E-state index >= 15 is 0 Å². The number of hydrogen-bond donors (Lipinski definition) is 1. The molecular weight excluding hydrogens is 444 g/mol. The van der Waals surface area contributed by atoms with E-state index in [0.29, 0.717) is 13.0 Å². The standard InChI is InChI=1S/C32H36N2O2/c1-23-9-13-25(14-10-23)20-34-21-29(27-7-4-5-8-30(27)34)28(26-15-11-24(2)12-16-26)19-31(35)33-22-32(3)17-6-18-36-32/h4-5,7-16,21,28H,6,17-20,22H2,1-3H3,(H,33,35)/t28-,32+/m0/s1. The van der Waals surface area contributed by atoms with Gasteiger partial charge in [0.1, 0.15) is 0 Å². The minimum atomic E-state index is -0.251. The summed E-state index contributed by atoms with van der Waals surface area (Å²) in [6.45, 7) is 8.44. The Morgan fingerprint density at radius 1 is 1.00 bits per heavy atom. The molecule has 3 aromatic carbocycles. The Labute approximate surface area is 214 Å². The SMILES string of the molecule is Cc1ccc(Cn2cc([C@@H](CC(=O)NC[C@@]3(C)CCCO3)c3ccc(C)cc3)c3ccccc32)cc1. The average molecular weight is 481 g/mol. The zero-order chi connectivity index (χ0) is 25.1. The van der Waals surface area contributed by atoms with E-state index in [1.54, 1.807) is 0 Å². The molecule has 0 radical (unpaired) electrons. The molecule has 4 heteroatoms. The van der Waals surface area contributed by atoms with Crippen molar-refractivity contribution in [1.82, 2.24) is 9.88 Å². The second kappa shape index (κ2) is 10.3. The third kappa shape index (κ3) is 5.39. The number of aryl methyl sites for hydroxylation is 2. The molecule has 4 nitrogen and oxygen atoms in total. The molecule has 5 rings (SSSR count). The number of amides is 1. The molecule has 0 aliphatic carbocycles. The van der Waals surface area contributed by atoms with Gasteiger partial charge in [0.05, 0.1) is 5.60 Å². The number of para-hydroxylation sites is 1. The highest BCUT2D eigenvalue weighted by atomic mass is 16.5. The van der Waals surface area contributed by atoms with Crippen molar-refractivity contribution in [2.24, 2.45) is 0 Å². The summed E-state index contributed by atoms with van der Waals surface area (Å²) in [7, 11) is 0. The van der Waals surface area contributed by atoms with Crippen molar-refractivity contribution in [3.8, 4) is 0 Å². The number of hydrogen-bond acceptors (Lipinski definition) is 2. The van der Waals surface area contributed by atoms with Crippen LogP contribution in [-0.2, 0) is 16.1 Å². The van der Waals surface area contributed by atoms with Crippen molar-refractivity contribution in [2.75, 3.05) is 13.2 Å². The summed E-state index contributed by atoms with van der Waals surface area (Å²) >= 11 is 0. The lowest BCUT2D eigenvalue weighted by Gasteiger charge is -2.24. The Hall–Kier alpha value is -3.37. The Bertz CT molecular complexity index is 1330. The van der Waals surface area contributed by atoms with Crippen molar-refractivity contribution in [2.45, 2.75) is 58.1 Å². The van der Waals surface area contributed by atoms with Gasteiger partial charge in [-0.1, -0.05) is 77.9 Å². The number of nitrogens with zero attached hydrogens (tertiary/aromatic N) is 1. The summed E-state index contributed by atoms with van der Waals surface area (Å²) in [6, 6.07) is 25.9. The molecule has 1 aliphatic heterocycles. The van der Waals surface area contributed by atoms with Gasteiger partial charge in [0.15, 0.2) is 0 Å². The van der Waals surface area contributed by atoms with E-state index in [0.717, 1.165) is 31.6 Å². The van der Waals surface area contributed by atoms with Crippen molar-refractivity contribution in [3.05, 3.63) is 107 Å². The van der Waals surface area contributed by atoms with Crippen LogP contribution in [0.5, 0.6) is 0 Å². The molecule has 1 amide bonds. The third-order valence-corrected chi connectivity index (χ3v) is 7.50. The van der Waals surface area contributed by atoms with Gasteiger partial charge in [-0.15, -0.1) is 0 Å². The summed E-state index contributed by atoms with van der Waals surface area (Å²) in [4.78, 5) is 13.3. The van der Waals surface area contributed by atoms with Gasteiger partial charge in [0, 0.05) is 49.1 Å². The fourth-order valence-corrected chi connectivity index (χ4v) is 5.30. The first-order valence-corrected chi connectivity index (χ1v) is 13.0. The van der Waals surface area contributed by atoms with Gasteiger partial charge in [-0.3, -0.25) is 4.79 Å². The van der Waals surface area contributed by atoms with Gasteiger partial charge in [-0.25, -0.2) is 0 Å². The maximum atomic E-state index is 13.3. The molecule has 1 aliphatic rings. The predicted octanol–water partition coefficient (Wildman–Crippen LogP) is 6.51. The molecule has 4 aromatic rings. The van der Waals surface area contributed by atoms with Gasteiger partial charge in [0.2, 0.25) is 5.91 Å². The quantitative estimate of drug-likeness (QED) is 0.312. The van der Waals surface area contributed by atoms with E-state index < -0.39 is 0 Å². The van der Waals surface area contributed by atoms with E-state index in [4.69, 9.17) is 4.74 Å². The van der Waals surface area contributed by atoms with Gasteiger partial charge >= 0.3 is 0 Å². The van der Waals surface area contributed by atoms with Crippen LogP contribution in [0.25, 0.3) is 10.9 Å². The number of fused-ring (bicyclic) bond motifs is 1. The molecule has 0 saturated carbocycles. The molecule has 1 saturated heterocycles. The number of carbonyl (C=O) groups excluding carboxylic acids is 1. The minimum Gasteiger partial charge on any atom is -0.373 e. The van der Waals surface area contributed by atoms with Gasteiger partial charge in [-0.05, 0) is 56.4 Å². The van der Waals surface area contributed by atoms with E-state index in [2.05, 4.69) is 110 Å². The van der Waals surface area contributed by atoms with E-state index in [1.165, 1.54) is 33.2 Å². The fraction of sp³-hybridized carbons (Fsp3) is 0.344. The Kier molecular flexibility index (Phi) is 6.97. The number of nitrogens with one attached hydrogen (secondary N) is 1. The number of rotatable bonds is 8. The highest BCUT2D eigenvalue weighted by Gasteiger charge is 2.31. The molecule has 186 valence electrons. The van der Waals surface area contributed by atoms with Crippen molar-refractivity contribution >= 4 is 16.8 Å². The minimum absolute atomic E-state index is 0.0351. The van der Waals surface area contributed by atoms with Gasteiger partial charge in [0.25, 0.3) is 0 Å². The highest BCUT2D eigenvalue weighted by Crippen LogP contribution is 2.35. The molecular formula is C32H36N2O2. The molecule has 2 heterocycles. The zero-order valence-corrected chi connectivity index (χ0v) is 21.6. The number of ether oxygens (including phenoxy) is 1. The molecule has 2 atom stereocenters. The van der Waals surface area contributed by atoms with Crippen molar-refractivity contribution < 1.29 is 9.53 Å². The van der Waals surface area contributed by atoms with Crippen LogP contribution in [0.15, 0.2) is 79.0 Å². The Balaban J connectivity index is 1.48. The maximum Gasteiger partial charge on any atom is 0.221 e. The normalized spacial score (nSPS) is 18.4. The van der Waals surface area contributed by atoms with Crippen LogP contribution in [0.4, 0.5) is 0 Å². The Morgan fingerprint density at radius 2 is 1.69 bits per heavy atom. The number of aromatic nitrogens is 1. The number of carbonyl (C=O) groups is 1. The first-order chi connectivity index (χ1) is 17.4. The second-order valence-corrected chi connectivity index (χ2v) is 10.6. The lowest BCUT2D eigenvalue weighted by molar-refractivity contribution is -0.122. The van der Waals surface area contributed by atoms with Gasteiger partial charge < -0.3 is 14.6 Å². The molecule has 0 bridgehead atoms. The molecule has 0 spiro atoms. The number of benzene rings is 3. The highest BCUT2D eigenvalue weighted by molar-refractivity contribution is 5.86. The fourth-order valence-electron chi connectivity index (χ4n) is 5.30. The van der Waals surface area contributed by atoms with Crippen LogP contribution in [-0.4, -0.2) is 29.2 Å². The smallest absolute Gasteiger partial charge is 0.221 e. The summed E-state index contributed by atoms with van der Waals surface area (Å²) in [5.41, 5.74) is 7.05. The van der Waals surface area contributed by atoms with Crippen LogP contribution < -0.4 is 5.32 Å². The second-order valence-electron chi connectivity index (χ2n) is 10.6. The largest absolute Gasteiger partial charge is 0.373 e. The average Bonchev–Trinajstić information content (AvgIpc) is 3.48. The maximum absolute atomic E-state index is 13.3. The van der Waals surface area contributed by atoms with Gasteiger partial charge in [-0.2, -0.15) is 0 Å². The lowest BCUT2D eigenvalue weighted by atomic mass is 9.87. The van der Waals surface area contributed by atoms with Crippen LogP contribution in [0.2, 0.25) is 0 Å². The van der Waals surface area contributed by atoms with Crippen molar-refractivity contribution in [1.29, 1.82) is 0 Å². The third-order valence-electron chi connectivity index (χ3n) is 7.50. The van der Waals surface area contributed by atoms with Crippen molar-refractivity contribution in [3.63, 3.8) is 0 Å². The summed E-state index contributed by atoms with van der Waals surface area (Å²) in [5.74, 6) is 0.0275. The van der Waals surface area contributed by atoms with E-state index in [-0.39, 0.29) is 17.4 Å². The van der Waals surface area contributed by atoms with Crippen LogP contribution >= 0.6 is 0 Å². The predicted molar refractivity (Wildman–Crippen MR) is 146 cm³/mol. The first kappa shape index (κ1) is 24.3. The molecule has 1 N–H and O–H groups in total. The first-order valence-electron chi connectivity index (χ1n) is 13.0. The lowest BCUT2D eigenvalue weighted by Crippen LogP contribution is -2.40. The Morgan fingerprint density at radius 3 is 2.39 bits per heavy atom. The van der Waals surface area contributed by atoms with Crippen LogP contribution in [0, 0.1) is 13.8 Å². The topological polar surface area (TPSA) is 43.3 Å². The monoisotopic (exact) mass is 480 g/mol. The van der Waals surface area contributed by atoms with E-state index in [9.17, 15) is 4.79 Å². The molecule has 1 aromatic heterocycles. The molecule has 1 fully saturated rings. The summed E-state index contributed by atoms with van der Waals surface area (Å²) < 4.78 is 8.21. The summed E-state index contributed by atoms with van der Waals surface area (Å²) in [6.07, 6.45) is 4.70. The van der Waals surface area contributed by atoms with E-state index in [1.807, 2.05) is 0 Å². The zero-order valence-electron chi connectivity index (χ0n) is 21.6.